The number of carbonyl (C=O) groups is 1. The van der Waals surface area contributed by atoms with Crippen LogP contribution >= 0.6 is 0 Å². The third kappa shape index (κ3) is 4.75. The fourth-order valence-electron chi connectivity index (χ4n) is 4.27. The number of likely N-dealkylation sites (N-methyl/N-ethyl adjacent to an activating group) is 1. The molecule has 8 nitrogen and oxygen atoms in total. The molecule has 2 aromatic heterocycles. The van der Waals surface area contributed by atoms with Gasteiger partial charge in [-0.15, -0.1) is 0 Å². The number of nitrogens with zero attached hydrogens (tertiary/aromatic N) is 3. The molecule has 2 amide bonds. The highest BCUT2D eigenvalue weighted by atomic mass is 19.1. The van der Waals surface area contributed by atoms with Gasteiger partial charge in [0.15, 0.2) is 0 Å². The number of H-pyrrole nitrogens is 1. The predicted octanol–water partition coefficient (Wildman–Crippen LogP) is 3.96. The van der Waals surface area contributed by atoms with Crippen molar-refractivity contribution in [3.05, 3.63) is 78.2 Å². The van der Waals surface area contributed by atoms with Gasteiger partial charge >= 0.3 is 6.03 Å². The SMILES string of the molecule is CN1COCC(c2ccccc2)C(NC(=O)Nc2cc3[nH]nc(-c4ccc(F)cc4)c3cn2)C1. The van der Waals surface area contributed by atoms with Crippen LogP contribution in [-0.2, 0) is 4.74 Å². The molecule has 9 heteroatoms. The van der Waals surface area contributed by atoms with Crippen LogP contribution in [0, 0.1) is 5.82 Å². The van der Waals surface area contributed by atoms with Gasteiger partial charge in [-0.3, -0.25) is 15.3 Å². The number of rotatable bonds is 4. The number of halogens is 1. The predicted molar refractivity (Wildman–Crippen MR) is 128 cm³/mol. The van der Waals surface area contributed by atoms with Gasteiger partial charge < -0.3 is 10.1 Å². The number of amides is 2. The number of carbonyl (C=O) groups excluding carboxylic acids is 1. The summed E-state index contributed by atoms with van der Waals surface area (Å²) >= 11 is 0. The molecule has 0 radical (unpaired) electrons. The van der Waals surface area contributed by atoms with Gasteiger partial charge in [-0.25, -0.2) is 14.2 Å². The van der Waals surface area contributed by atoms with Crippen molar-refractivity contribution >= 4 is 22.8 Å². The summed E-state index contributed by atoms with van der Waals surface area (Å²) in [5.74, 6) is 0.118. The van der Waals surface area contributed by atoms with Crippen molar-refractivity contribution in [1.29, 1.82) is 0 Å². The van der Waals surface area contributed by atoms with E-state index in [1.165, 1.54) is 12.1 Å². The minimum Gasteiger partial charge on any atom is -0.365 e. The first-order valence-corrected chi connectivity index (χ1v) is 11.1. The van der Waals surface area contributed by atoms with Crippen molar-refractivity contribution in [2.75, 3.05) is 32.2 Å². The first-order chi connectivity index (χ1) is 16.6. The summed E-state index contributed by atoms with van der Waals surface area (Å²) in [5, 5.41) is 14.0. The fraction of sp³-hybridized carbons (Fsp3) is 0.240. The van der Waals surface area contributed by atoms with E-state index >= 15 is 0 Å². The molecule has 1 aliphatic rings. The quantitative estimate of drug-likeness (QED) is 0.429. The number of nitrogens with one attached hydrogen (secondary N) is 3. The molecule has 2 atom stereocenters. The third-order valence-electron chi connectivity index (χ3n) is 5.95. The van der Waals surface area contributed by atoms with Crippen molar-refractivity contribution < 1.29 is 13.9 Å². The molecule has 0 spiro atoms. The lowest BCUT2D eigenvalue weighted by molar-refractivity contribution is 0.0603. The Labute approximate surface area is 196 Å². The fourth-order valence-corrected chi connectivity index (χ4v) is 4.27. The van der Waals surface area contributed by atoms with Crippen molar-refractivity contribution in [2.24, 2.45) is 0 Å². The summed E-state index contributed by atoms with van der Waals surface area (Å²) < 4.78 is 19.1. The Balaban J connectivity index is 1.32. The summed E-state index contributed by atoms with van der Waals surface area (Å²) in [5.41, 5.74) is 3.29. The zero-order chi connectivity index (χ0) is 23.5. The Morgan fingerprint density at radius 1 is 1.18 bits per heavy atom. The molecule has 0 aliphatic carbocycles. The molecule has 1 aliphatic heterocycles. The van der Waals surface area contributed by atoms with Crippen LogP contribution < -0.4 is 10.6 Å². The first-order valence-electron chi connectivity index (χ1n) is 11.1. The van der Waals surface area contributed by atoms with Crippen LogP contribution in [0.3, 0.4) is 0 Å². The molecule has 4 aromatic rings. The standard InChI is InChI=1S/C25H25FN6O2/c1-32-13-22(20(14-34-15-32)16-5-3-2-4-6-16)28-25(33)29-23-11-21-19(12-27-23)24(31-30-21)17-7-9-18(26)10-8-17/h2-12,20,22H,13-15H2,1H3,(H,30,31)(H2,27,28,29,33). The van der Waals surface area contributed by atoms with Crippen molar-refractivity contribution in [3.63, 3.8) is 0 Å². The van der Waals surface area contributed by atoms with Crippen LogP contribution in [0.4, 0.5) is 15.0 Å². The smallest absolute Gasteiger partial charge is 0.320 e. The maximum absolute atomic E-state index is 13.3. The molecule has 2 aromatic carbocycles. The highest BCUT2D eigenvalue weighted by molar-refractivity contribution is 5.95. The number of ether oxygens (including phenoxy) is 1. The van der Waals surface area contributed by atoms with Crippen LogP contribution in [-0.4, -0.2) is 59.1 Å². The molecule has 0 bridgehead atoms. The first kappa shape index (κ1) is 22.0. The largest absolute Gasteiger partial charge is 0.365 e. The highest BCUT2D eigenvalue weighted by Crippen LogP contribution is 2.27. The van der Waals surface area contributed by atoms with Gasteiger partial charge in [0.05, 0.1) is 24.9 Å². The Morgan fingerprint density at radius 3 is 2.76 bits per heavy atom. The third-order valence-corrected chi connectivity index (χ3v) is 5.95. The summed E-state index contributed by atoms with van der Waals surface area (Å²) in [7, 11) is 1.96. The summed E-state index contributed by atoms with van der Waals surface area (Å²) in [6, 6.07) is 17.4. The zero-order valence-corrected chi connectivity index (χ0v) is 18.7. The lowest BCUT2D eigenvalue weighted by atomic mass is 9.92. The van der Waals surface area contributed by atoms with E-state index in [-0.39, 0.29) is 23.8 Å². The number of hydrogen-bond acceptors (Lipinski definition) is 5. The van der Waals surface area contributed by atoms with Gasteiger partial charge in [0.25, 0.3) is 0 Å². The average Bonchev–Trinajstić information content (AvgIpc) is 3.16. The maximum atomic E-state index is 13.3. The summed E-state index contributed by atoms with van der Waals surface area (Å²) in [4.78, 5) is 19.3. The number of urea groups is 1. The molecule has 0 saturated carbocycles. The molecule has 34 heavy (non-hydrogen) atoms. The van der Waals surface area contributed by atoms with Crippen LogP contribution in [0.5, 0.6) is 0 Å². The second kappa shape index (κ2) is 9.58. The van der Waals surface area contributed by atoms with Gasteiger partial charge in [0.1, 0.15) is 17.3 Å². The normalized spacial score (nSPS) is 19.0. The van der Waals surface area contributed by atoms with Gasteiger partial charge in [0.2, 0.25) is 0 Å². The summed E-state index contributed by atoms with van der Waals surface area (Å²) in [6.45, 7) is 1.68. The van der Waals surface area contributed by atoms with Crippen molar-refractivity contribution in [1.82, 2.24) is 25.4 Å². The molecular weight excluding hydrogens is 435 g/mol. The number of hydrogen-bond donors (Lipinski definition) is 3. The van der Waals surface area contributed by atoms with E-state index in [4.69, 9.17) is 4.74 Å². The molecule has 2 unspecified atom stereocenters. The molecule has 3 N–H and O–H groups in total. The van der Waals surface area contributed by atoms with Gasteiger partial charge in [-0.1, -0.05) is 30.3 Å². The molecule has 1 fully saturated rings. The monoisotopic (exact) mass is 460 g/mol. The van der Waals surface area contributed by atoms with Crippen LogP contribution in [0.2, 0.25) is 0 Å². The number of aromatic amines is 1. The Hall–Kier alpha value is -3.82. The van der Waals surface area contributed by atoms with Crippen molar-refractivity contribution in [2.45, 2.75) is 12.0 Å². The maximum Gasteiger partial charge on any atom is 0.320 e. The lowest BCUT2D eigenvalue weighted by Gasteiger charge is -2.27. The highest BCUT2D eigenvalue weighted by Gasteiger charge is 2.29. The number of aromatic nitrogens is 3. The number of fused-ring (bicyclic) bond motifs is 1. The summed E-state index contributed by atoms with van der Waals surface area (Å²) in [6.07, 6.45) is 1.65. The van der Waals surface area contributed by atoms with Crippen LogP contribution in [0.15, 0.2) is 66.9 Å². The topological polar surface area (TPSA) is 95.2 Å². The van der Waals surface area contributed by atoms with E-state index < -0.39 is 0 Å². The number of benzene rings is 2. The Kier molecular flexibility index (Phi) is 6.20. The van der Waals surface area contributed by atoms with Gasteiger partial charge in [-0.05, 0) is 36.9 Å². The van der Waals surface area contributed by atoms with E-state index in [9.17, 15) is 9.18 Å². The minimum absolute atomic E-state index is 0.0261. The minimum atomic E-state index is -0.341. The van der Waals surface area contributed by atoms with Crippen molar-refractivity contribution in [3.8, 4) is 11.3 Å². The van der Waals surface area contributed by atoms with Gasteiger partial charge in [-0.2, -0.15) is 5.10 Å². The van der Waals surface area contributed by atoms with E-state index in [1.807, 2.05) is 30.1 Å². The van der Waals surface area contributed by atoms with Gasteiger partial charge in [0, 0.05) is 35.7 Å². The van der Waals surface area contributed by atoms with Crippen LogP contribution in [0.25, 0.3) is 22.2 Å². The van der Waals surface area contributed by atoms with E-state index in [1.54, 1.807) is 24.4 Å². The second-order valence-electron chi connectivity index (χ2n) is 8.45. The molecule has 174 valence electrons. The lowest BCUT2D eigenvalue weighted by Crippen LogP contribution is -2.47. The molecule has 5 rings (SSSR count). The molecule has 1 saturated heterocycles. The molecule has 3 heterocycles. The van der Waals surface area contributed by atoms with E-state index in [2.05, 4.69) is 37.9 Å². The Bertz CT molecular complexity index is 1280. The Morgan fingerprint density at radius 2 is 1.97 bits per heavy atom. The van der Waals surface area contributed by atoms with E-state index in [0.29, 0.717) is 31.4 Å². The zero-order valence-electron chi connectivity index (χ0n) is 18.7. The van der Waals surface area contributed by atoms with E-state index in [0.717, 1.165) is 22.0 Å². The average molecular weight is 461 g/mol. The van der Waals surface area contributed by atoms with Crippen LogP contribution in [0.1, 0.15) is 11.5 Å². The second-order valence-corrected chi connectivity index (χ2v) is 8.45. The number of pyridine rings is 1. The molecular formula is C25H25FN6O2. The number of anilines is 1.